The second kappa shape index (κ2) is 12.5. The van der Waals surface area contributed by atoms with Gasteiger partial charge >= 0.3 is 6.03 Å². The largest absolute Gasteiger partial charge is 0.387 e. The van der Waals surface area contributed by atoms with Crippen molar-refractivity contribution < 1.29 is 33.0 Å². The summed E-state index contributed by atoms with van der Waals surface area (Å²) in [5.41, 5.74) is 0.630. The van der Waals surface area contributed by atoms with Gasteiger partial charge in [0, 0.05) is 25.3 Å². The van der Waals surface area contributed by atoms with Crippen molar-refractivity contribution in [1.82, 2.24) is 29.1 Å². The molecule has 5 N–H and O–H groups in total. The van der Waals surface area contributed by atoms with E-state index in [2.05, 4.69) is 44.1 Å². The van der Waals surface area contributed by atoms with Gasteiger partial charge in [0.1, 0.15) is 18.5 Å². The molecule has 0 radical (unpaired) electrons. The highest BCUT2D eigenvalue weighted by Crippen LogP contribution is 2.32. The fraction of sp³-hybridized carbons (Fsp3) is 0.320. The highest BCUT2D eigenvalue weighted by Gasteiger charge is 2.47. The van der Waals surface area contributed by atoms with Gasteiger partial charge in [-0.25, -0.2) is 28.2 Å². The molecule has 1 aliphatic heterocycles. The molecule has 1 saturated heterocycles. The van der Waals surface area contributed by atoms with Gasteiger partial charge < -0.3 is 25.6 Å². The molecule has 0 saturated carbocycles. The Balaban J connectivity index is 1.48. The molecule has 0 aliphatic carbocycles. The second-order valence-electron chi connectivity index (χ2n) is 8.87. The van der Waals surface area contributed by atoms with Crippen molar-refractivity contribution >= 4 is 44.6 Å². The molecule has 3 aromatic rings. The van der Waals surface area contributed by atoms with Crippen LogP contribution in [0.1, 0.15) is 13.2 Å². The van der Waals surface area contributed by atoms with Crippen LogP contribution in [0.5, 0.6) is 0 Å². The van der Waals surface area contributed by atoms with Gasteiger partial charge in [-0.15, -0.1) is 13.2 Å². The Bertz CT molecular complexity index is 1530. The minimum Gasteiger partial charge on any atom is -0.387 e. The maximum atomic E-state index is 12.9. The van der Waals surface area contributed by atoms with E-state index in [9.17, 15) is 28.2 Å². The van der Waals surface area contributed by atoms with E-state index in [1.165, 1.54) is 51.6 Å². The maximum absolute atomic E-state index is 12.9. The number of carbonyl (C=O) groups excluding carboxylic acids is 2. The number of nitrogens with one attached hydrogen (secondary N) is 3. The van der Waals surface area contributed by atoms with Crippen LogP contribution < -0.4 is 16.0 Å². The normalized spacial score (nSPS) is 20.6. The average molecular weight is 587 g/mol. The van der Waals surface area contributed by atoms with Crippen LogP contribution in [0.2, 0.25) is 0 Å². The summed E-state index contributed by atoms with van der Waals surface area (Å²) in [6.45, 7) is 9.41. The Morgan fingerprint density at radius 3 is 2.39 bits per heavy atom. The van der Waals surface area contributed by atoms with Crippen LogP contribution in [0, 0.1) is 0 Å². The van der Waals surface area contributed by atoms with Crippen molar-refractivity contribution in [3.63, 3.8) is 0 Å². The number of urea groups is 1. The summed E-state index contributed by atoms with van der Waals surface area (Å²) >= 11 is 0. The number of fused-ring (bicyclic) bond motifs is 1. The van der Waals surface area contributed by atoms with Crippen molar-refractivity contribution in [1.29, 1.82) is 0 Å². The van der Waals surface area contributed by atoms with Crippen molar-refractivity contribution in [2.24, 2.45) is 0 Å². The fourth-order valence-electron chi connectivity index (χ4n) is 4.20. The number of aliphatic hydroxyl groups excluding tert-OH is 2. The molecule has 1 fully saturated rings. The number of sulfonamides is 1. The lowest BCUT2D eigenvalue weighted by Gasteiger charge is -2.19. The van der Waals surface area contributed by atoms with E-state index >= 15 is 0 Å². The first kappa shape index (κ1) is 29.8. The summed E-state index contributed by atoms with van der Waals surface area (Å²) in [4.78, 5) is 37.4. The van der Waals surface area contributed by atoms with Gasteiger partial charge in [0.25, 0.3) is 5.91 Å². The second-order valence-corrected chi connectivity index (χ2v) is 10.8. The summed E-state index contributed by atoms with van der Waals surface area (Å²) < 4.78 is 33.9. The zero-order valence-electron chi connectivity index (χ0n) is 22.0. The Labute approximate surface area is 235 Å². The van der Waals surface area contributed by atoms with Crippen LogP contribution >= 0.6 is 0 Å². The quantitative estimate of drug-likeness (QED) is 0.198. The van der Waals surface area contributed by atoms with Crippen molar-refractivity contribution in [2.75, 3.05) is 30.3 Å². The molecule has 2 unspecified atom stereocenters. The van der Waals surface area contributed by atoms with Crippen LogP contribution in [-0.2, 0) is 19.6 Å². The molecule has 0 bridgehead atoms. The Morgan fingerprint density at radius 2 is 1.76 bits per heavy atom. The predicted octanol–water partition coefficient (Wildman–Crippen LogP) is 0.588. The van der Waals surface area contributed by atoms with Crippen molar-refractivity contribution in [2.45, 2.75) is 36.4 Å². The topological polar surface area (TPSA) is 201 Å². The van der Waals surface area contributed by atoms with Crippen LogP contribution in [0.25, 0.3) is 11.2 Å². The monoisotopic (exact) mass is 586 g/mol. The van der Waals surface area contributed by atoms with E-state index in [1.807, 2.05) is 0 Å². The Morgan fingerprint density at radius 1 is 1.07 bits per heavy atom. The van der Waals surface area contributed by atoms with Gasteiger partial charge in [-0.3, -0.25) is 14.7 Å². The smallest absolute Gasteiger partial charge is 0.324 e. The van der Waals surface area contributed by atoms with E-state index in [1.54, 1.807) is 6.92 Å². The molecule has 2 aromatic heterocycles. The maximum Gasteiger partial charge on any atom is 0.324 e. The molecular weight excluding hydrogens is 556 g/mol. The fourth-order valence-corrected chi connectivity index (χ4v) is 5.58. The molecular formula is C25H30N8O7S. The number of hydrogen-bond acceptors (Lipinski definition) is 10. The lowest BCUT2D eigenvalue weighted by Crippen LogP contribution is -2.42. The number of likely N-dealkylation sites (N-methyl/N-ethyl adjacent to an activating group) is 1. The number of hydrogen-bond donors (Lipinski definition) is 5. The molecule has 16 heteroatoms. The van der Waals surface area contributed by atoms with E-state index in [0.717, 1.165) is 6.33 Å². The van der Waals surface area contributed by atoms with E-state index in [4.69, 9.17) is 4.74 Å². The summed E-state index contributed by atoms with van der Waals surface area (Å²) in [5.74, 6) is -0.542. The van der Waals surface area contributed by atoms with Crippen LogP contribution in [-0.4, -0.2) is 92.3 Å². The highest BCUT2D eigenvalue weighted by atomic mass is 32.2. The number of carbonyl (C=O) groups is 2. The van der Waals surface area contributed by atoms with Gasteiger partial charge in [0.05, 0.1) is 11.2 Å². The zero-order valence-corrected chi connectivity index (χ0v) is 22.9. The SMILES string of the molecule is C=CCN(CC=C)S(=O)(=O)c1ccc(NC(=O)Nc2ncnc3c2ncn3[C@@H]2O[C@H](C(=O)NCC)C(O)C2O)cc1. The van der Waals surface area contributed by atoms with E-state index < -0.39 is 46.5 Å². The molecule has 4 rings (SSSR count). The standard InChI is InChI=1S/C25H30N8O7S/c1-4-11-32(12-5-2)41(38,39)16-9-7-15(8-10-16)30-25(37)31-21-17-22(28-13-27-21)33(14-29-17)24-19(35)18(34)20(40-24)23(36)26-6-3/h4-5,7-10,13-14,18-20,24,34-35H,1-2,6,11-12H2,3H3,(H,26,36)(H2,27,28,30,31,37)/t18?,19?,20-,24+/m0/s1. The molecule has 0 spiro atoms. The molecule has 218 valence electrons. The number of ether oxygens (including phenoxy) is 1. The highest BCUT2D eigenvalue weighted by molar-refractivity contribution is 7.89. The van der Waals surface area contributed by atoms with Crippen LogP contribution in [0.15, 0.2) is 67.1 Å². The van der Waals surface area contributed by atoms with Crippen LogP contribution in [0.3, 0.4) is 0 Å². The number of imidazole rings is 1. The van der Waals surface area contributed by atoms with Gasteiger partial charge in [-0.1, -0.05) is 12.2 Å². The molecule has 15 nitrogen and oxygen atoms in total. The first-order valence-electron chi connectivity index (χ1n) is 12.5. The molecule has 41 heavy (non-hydrogen) atoms. The molecule has 1 aliphatic rings. The van der Waals surface area contributed by atoms with Gasteiger partial charge in [-0.2, -0.15) is 4.31 Å². The number of aliphatic hydroxyl groups is 2. The number of aromatic nitrogens is 4. The third-order valence-corrected chi connectivity index (χ3v) is 7.97. The number of benzene rings is 1. The zero-order chi connectivity index (χ0) is 29.7. The lowest BCUT2D eigenvalue weighted by atomic mass is 10.1. The molecule has 4 atom stereocenters. The van der Waals surface area contributed by atoms with Gasteiger partial charge in [0.2, 0.25) is 10.0 Å². The first-order valence-corrected chi connectivity index (χ1v) is 13.9. The lowest BCUT2D eigenvalue weighted by molar-refractivity contribution is -0.137. The summed E-state index contributed by atoms with van der Waals surface area (Å²) in [5, 5.41) is 28.6. The molecule has 1 aromatic carbocycles. The van der Waals surface area contributed by atoms with Crippen LogP contribution in [0.4, 0.5) is 16.3 Å². The summed E-state index contributed by atoms with van der Waals surface area (Å²) in [7, 11) is -3.80. The molecule has 3 amide bonds. The number of nitrogens with zero attached hydrogens (tertiary/aromatic N) is 5. The summed E-state index contributed by atoms with van der Waals surface area (Å²) in [6.07, 6.45) is -0.0248. The Kier molecular flexibility index (Phi) is 9.09. The average Bonchev–Trinajstić information content (AvgIpc) is 3.50. The summed E-state index contributed by atoms with van der Waals surface area (Å²) in [6, 6.07) is 4.91. The third-order valence-electron chi connectivity index (χ3n) is 6.13. The number of rotatable bonds is 11. The van der Waals surface area contributed by atoms with Crippen molar-refractivity contribution in [3.05, 3.63) is 62.2 Å². The third kappa shape index (κ3) is 6.10. The number of anilines is 2. The van der Waals surface area contributed by atoms with Gasteiger partial charge in [0.15, 0.2) is 29.3 Å². The molecule has 3 heterocycles. The number of amides is 3. The minimum absolute atomic E-state index is 0.0308. The van der Waals surface area contributed by atoms with Gasteiger partial charge in [-0.05, 0) is 31.2 Å². The Hall–Kier alpha value is -4.22. The first-order chi connectivity index (χ1) is 19.6. The van der Waals surface area contributed by atoms with Crippen molar-refractivity contribution in [3.8, 4) is 0 Å². The minimum atomic E-state index is -3.80. The van der Waals surface area contributed by atoms with E-state index in [0.29, 0.717) is 12.2 Å². The predicted molar refractivity (Wildman–Crippen MR) is 148 cm³/mol. The van der Waals surface area contributed by atoms with E-state index in [-0.39, 0.29) is 35.0 Å².